The second-order valence-corrected chi connectivity index (χ2v) is 4.87. The Hall–Kier alpha value is -2.49. The molecule has 2 aromatic carbocycles. The molecule has 0 radical (unpaired) electrons. The average Bonchev–Trinajstić information content (AvgIpc) is 2.80. The van der Waals surface area contributed by atoms with Crippen LogP contribution in [0.4, 0.5) is 0 Å². The maximum Gasteiger partial charge on any atom is 0.203 e. The van der Waals surface area contributed by atoms with Gasteiger partial charge in [-0.3, -0.25) is 5.41 Å². The largest absolute Gasteiger partial charge is 0.492 e. The highest BCUT2D eigenvalue weighted by Gasteiger charge is 2.08. The topological polar surface area (TPSA) is 42.9 Å². The Kier molecular flexibility index (Phi) is 3.77. The zero-order chi connectivity index (χ0) is 14.7. The molecular formula is C17H19N3O. The lowest BCUT2D eigenvalue weighted by Gasteiger charge is -2.07. The normalized spacial score (nSPS) is 10.9. The van der Waals surface area contributed by atoms with E-state index >= 15 is 0 Å². The lowest BCUT2D eigenvalue weighted by molar-refractivity contribution is 0.296. The van der Waals surface area contributed by atoms with E-state index in [1.54, 1.807) is 0 Å². The number of aromatic nitrogens is 2. The molecule has 108 valence electrons. The zero-order valence-corrected chi connectivity index (χ0v) is 12.1. The lowest BCUT2D eigenvalue weighted by Crippen LogP contribution is -2.26. The molecule has 0 aliphatic carbocycles. The Morgan fingerprint density at radius 1 is 0.905 bits per heavy atom. The predicted octanol–water partition coefficient (Wildman–Crippen LogP) is 3.02. The molecule has 0 fully saturated rings. The fraction of sp³-hybridized carbons (Fsp3) is 0.235. The number of imidazole rings is 1. The second-order valence-electron chi connectivity index (χ2n) is 4.87. The number of ether oxygens (including phenoxy) is 1. The van der Waals surface area contributed by atoms with Gasteiger partial charge >= 0.3 is 0 Å². The van der Waals surface area contributed by atoms with Gasteiger partial charge in [-0.05, 0) is 31.2 Å². The fourth-order valence-electron chi connectivity index (χ4n) is 2.61. The highest BCUT2D eigenvalue weighted by atomic mass is 16.5. The summed E-state index contributed by atoms with van der Waals surface area (Å²) in [4.78, 5) is 0. The molecule has 0 saturated heterocycles. The molecular weight excluding hydrogens is 262 g/mol. The molecule has 0 saturated carbocycles. The number of rotatable bonds is 5. The van der Waals surface area contributed by atoms with Crippen molar-refractivity contribution in [1.29, 1.82) is 5.41 Å². The van der Waals surface area contributed by atoms with E-state index in [4.69, 9.17) is 10.1 Å². The van der Waals surface area contributed by atoms with Crippen LogP contribution in [0.15, 0.2) is 54.6 Å². The summed E-state index contributed by atoms with van der Waals surface area (Å²) in [6.07, 6.45) is 0. The van der Waals surface area contributed by atoms with Crippen molar-refractivity contribution in [3.63, 3.8) is 0 Å². The smallest absolute Gasteiger partial charge is 0.203 e. The maximum atomic E-state index is 8.33. The molecule has 3 aromatic rings. The van der Waals surface area contributed by atoms with Gasteiger partial charge in [0.05, 0.1) is 17.6 Å². The Morgan fingerprint density at radius 2 is 1.52 bits per heavy atom. The number of aryl methyl sites for hydroxylation is 1. The average molecular weight is 281 g/mol. The molecule has 0 bridgehead atoms. The van der Waals surface area contributed by atoms with Crippen LogP contribution in [0.25, 0.3) is 11.0 Å². The summed E-state index contributed by atoms with van der Waals surface area (Å²) in [5.41, 5.74) is 2.71. The number of fused-ring (bicyclic) bond motifs is 1. The van der Waals surface area contributed by atoms with Crippen LogP contribution in [0.1, 0.15) is 6.92 Å². The second kappa shape index (κ2) is 5.87. The van der Waals surface area contributed by atoms with Crippen LogP contribution in [0.2, 0.25) is 0 Å². The minimum Gasteiger partial charge on any atom is -0.492 e. The SMILES string of the molecule is CCn1c(=N)n(CCOc2ccccc2)c2ccccc21. The third-order valence-electron chi connectivity index (χ3n) is 3.62. The first-order valence-electron chi connectivity index (χ1n) is 7.21. The molecule has 0 unspecified atom stereocenters. The molecule has 1 N–H and O–H groups in total. The molecule has 4 nitrogen and oxygen atoms in total. The first-order chi connectivity index (χ1) is 10.3. The third kappa shape index (κ3) is 2.57. The molecule has 21 heavy (non-hydrogen) atoms. The zero-order valence-electron chi connectivity index (χ0n) is 12.1. The minimum atomic E-state index is 0.523. The number of hydrogen-bond donors (Lipinski definition) is 1. The minimum absolute atomic E-state index is 0.523. The van der Waals surface area contributed by atoms with Crippen molar-refractivity contribution in [3.8, 4) is 5.75 Å². The van der Waals surface area contributed by atoms with Gasteiger partial charge in [0, 0.05) is 6.54 Å². The van der Waals surface area contributed by atoms with E-state index in [-0.39, 0.29) is 0 Å². The summed E-state index contributed by atoms with van der Waals surface area (Å²) < 4.78 is 9.76. The summed E-state index contributed by atoms with van der Waals surface area (Å²) in [5.74, 6) is 0.865. The van der Waals surface area contributed by atoms with Gasteiger partial charge in [-0.25, -0.2) is 0 Å². The van der Waals surface area contributed by atoms with Crippen molar-refractivity contribution in [2.24, 2.45) is 0 Å². The van der Waals surface area contributed by atoms with Crippen LogP contribution >= 0.6 is 0 Å². The van der Waals surface area contributed by atoms with Crippen LogP contribution in [-0.2, 0) is 13.1 Å². The van der Waals surface area contributed by atoms with E-state index in [2.05, 4.69) is 19.1 Å². The van der Waals surface area contributed by atoms with Crippen molar-refractivity contribution < 1.29 is 4.74 Å². The number of hydrogen-bond acceptors (Lipinski definition) is 2. The Morgan fingerprint density at radius 3 is 2.19 bits per heavy atom. The molecule has 1 aromatic heterocycles. The van der Waals surface area contributed by atoms with E-state index in [0.717, 1.165) is 23.3 Å². The molecule has 0 spiro atoms. The van der Waals surface area contributed by atoms with Gasteiger partial charge in [0.1, 0.15) is 12.4 Å². The van der Waals surface area contributed by atoms with Crippen molar-refractivity contribution in [3.05, 3.63) is 60.2 Å². The number of nitrogens with one attached hydrogen (secondary N) is 1. The van der Waals surface area contributed by atoms with Gasteiger partial charge in [-0.1, -0.05) is 30.3 Å². The van der Waals surface area contributed by atoms with E-state index in [1.807, 2.05) is 51.6 Å². The number of nitrogens with zero attached hydrogens (tertiary/aromatic N) is 2. The van der Waals surface area contributed by atoms with Gasteiger partial charge < -0.3 is 13.9 Å². The Labute approximate surface area is 123 Å². The maximum absolute atomic E-state index is 8.33. The van der Waals surface area contributed by atoms with Gasteiger partial charge in [0.25, 0.3) is 0 Å². The van der Waals surface area contributed by atoms with Crippen LogP contribution in [0.5, 0.6) is 5.75 Å². The van der Waals surface area contributed by atoms with Crippen LogP contribution < -0.4 is 10.4 Å². The lowest BCUT2D eigenvalue weighted by atomic mass is 10.3. The molecule has 1 heterocycles. The molecule has 3 rings (SSSR count). The van der Waals surface area contributed by atoms with E-state index in [0.29, 0.717) is 18.8 Å². The van der Waals surface area contributed by atoms with Gasteiger partial charge in [0.2, 0.25) is 5.62 Å². The predicted molar refractivity (Wildman–Crippen MR) is 83.4 cm³/mol. The third-order valence-corrected chi connectivity index (χ3v) is 3.62. The van der Waals surface area contributed by atoms with Crippen molar-refractivity contribution in [1.82, 2.24) is 9.13 Å². The van der Waals surface area contributed by atoms with Crippen LogP contribution in [0, 0.1) is 5.41 Å². The summed E-state index contributed by atoms with van der Waals surface area (Å²) in [6.45, 7) is 4.08. The summed E-state index contributed by atoms with van der Waals surface area (Å²) in [5, 5.41) is 8.33. The van der Waals surface area contributed by atoms with Crippen LogP contribution in [0.3, 0.4) is 0 Å². The Balaban J connectivity index is 1.84. The number of para-hydroxylation sites is 3. The molecule has 4 heteroatoms. The van der Waals surface area contributed by atoms with E-state index in [1.165, 1.54) is 0 Å². The van der Waals surface area contributed by atoms with Gasteiger partial charge in [0.15, 0.2) is 0 Å². The molecule has 0 amide bonds. The summed E-state index contributed by atoms with van der Waals surface area (Å²) >= 11 is 0. The van der Waals surface area contributed by atoms with Crippen molar-refractivity contribution in [2.75, 3.05) is 6.61 Å². The molecule has 0 aliphatic rings. The fourth-order valence-corrected chi connectivity index (χ4v) is 2.61. The highest BCUT2D eigenvalue weighted by molar-refractivity contribution is 5.75. The van der Waals surface area contributed by atoms with Crippen molar-refractivity contribution >= 4 is 11.0 Å². The van der Waals surface area contributed by atoms with E-state index in [9.17, 15) is 0 Å². The van der Waals surface area contributed by atoms with Crippen LogP contribution in [-0.4, -0.2) is 15.7 Å². The Bertz CT molecular complexity index is 787. The highest BCUT2D eigenvalue weighted by Crippen LogP contribution is 2.13. The first kappa shape index (κ1) is 13.5. The monoisotopic (exact) mass is 281 g/mol. The van der Waals surface area contributed by atoms with Gasteiger partial charge in [-0.2, -0.15) is 0 Å². The number of benzene rings is 2. The van der Waals surface area contributed by atoms with Gasteiger partial charge in [-0.15, -0.1) is 0 Å². The molecule has 0 atom stereocenters. The quantitative estimate of drug-likeness (QED) is 0.767. The molecule has 0 aliphatic heterocycles. The summed E-state index contributed by atoms with van der Waals surface area (Å²) in [7, 11) is 0. The first-order valence-corrected chi connectivity index (χ1v) is 7.21. The van der Waals surface area contributed by atoms with E-state index < -0.39 is 0 Å². The van der Waals surface area contributed by atoms with Crippen molar-refractivity contribution in [2.45, 2.75) is 20.0 Å². The summed E-state index contributed by atoms with van der Waals surface area (Å²) in [6, 6.07) is 17.9. The standard InChI is InChI=1S/C17H19N3O/c1-2-19-15-10-6-7-11-16(15)20(17(19)18)12-13-21-14-8-4-3-5-9-14/h3-11,18H,2,12-13H2,1H3.